The third kappa shape index (κ3) is 4.04. The van der Waals surface area contributed by atoms with Crippen LogP contribution >= 0.6 is 0 Å². The SMILES string of the molecule is Cc1ccccc1[C@H]1CCCN(C(=O)c2cn(Cc3c(F)cccc3F)nn2)C1. The summed E-state index contributed by atoms with van der Waals surface area (Å²) in [6, 6.07) is 11.9. The van der Waals surface area contributed by atoms with Crippen LogP contribution in [0.5, 0.6) is 0 Å². The Morgan fingerprint density at radius 1 is 1.14 bits per heavy atom. The highest BCUT2D eigenvalue weighted by molar-refractivity contribution is 5.92. The predicted octanol–water partition coefficient (Wildman–Crippen LogP) is 3.93. The van der Waals surface area contributed by atoms with Gasteiger partial charge in [-0.25, -0.2) is 13.5 Å². The molecule has 0 unspecified atom stereocenters. The number of piperidine rings is 1. The fraction of sp³-hybridized carbons (Fsp3) is 0.318. The third-order valence-electron chi connectivity index (χ3n) is 5.48. The van der Waals surface area contributed by atoms with E-state index in [0.717, 1.165) is 12.8 Å². The number of aromatic nitrogens is 3. The molecule has 0 spiro atoms. The maximum Gasteiger partial charge on any atom is 0.276 e. The smallest absolute Gasteiger partial charge is 0.276 e. The first-order valence-corrected chi connectivity index (χ1v) is 9.70. The molecule has 1 aromatic heterocycles. The van der Waals surface area contributed by atoms with Crippen LogP contribution in [0, 0.1) is 18.6 Å². The van der Waals surface area contributed by atoms with E-state index in [-0.39, 0.29) is 29.6 Å². The van der Waals surface area contributed by atoms with Crippen molar-refractivity contribution in [2.45, 2.75) is 32.2 Å². The van der Waals surface area contributed by atoms with Gasteiger partial charge in [-0.2, -0.15) is 0 Å². The monoisotopic (exact) mass is 396 g/mol. The first kappa shape index (κ1) is 19.2. The van der Waals surface area contributed by atoms with E-state index in [9.17, 15) is 13.6 Å². The van der Waals surface area contributed by atoms with E-state index in [1.807, 2.05) is 12.1 Å². The Morgan fingerprint density at radius 3 is 2.66 bits per heavy atom. The maximum atomic E-state index is 13.9. The van der Waals surface area contributed by atoms with Crippen molar-refractivity contribution in [3.8, 4) is 0 Å². The summed E-state index contributed by atoms with van der Waals surface area (Å²) in [6.07, 6.45) is 3.40. The Bertz CT molecular complexity index is 1010. The van der Waals surface area contributed by atoms with Gasteiger partial charge in [0, 0.05) is 24.6 Å². The van der Waals surface area contributed by atoms with E-state index in [4.69, 9.17) is 0 Å². The summed E-state index contributed by atoms with van der Waals surface area (Å²) in [6.45, 7) is 3.25. The topological polar surface area (TPSA) is 51.0 Å². The van der Waals surface area contributed by atoms with Crippen molar-refractivity contribution in [1.82, 2.24) is 19.9 Å². The van der Waals surface area contributed by atoms with Gasteiger partial charge in [-0.1, -0.05) is 35.5 Å². The van der Waals surface area contributed by atoms with Crippen LogP contribution in [0.1, 0.15) is 45.9 Å². The van der Waals surface area contributed by atoms with Crippen LogP contribution in [0.25, 0.3) is 0 Å². The number of nitrogens with zero attached hydrogens (tertiary/aromatic N) is 4. The summed E-state index contributed by atoms with van der Waals surface area (Å²) in [5.41, 5.74) is 2.58. The summed E-state index contributed by atoms with van der Waals surface area (Å²) < 4.78 is 29.0. The molecule has 7 heteroatoms. The molecule has 2 aromatic carbocycles. The van der Waals surface area contributed by atoms with E-state index in [2.05, 4.69) is 29.4 Å². The summed E-state index contributed by atoms with van der Waals surface area (Å²) in [4.78, 5) is 14.7. The third-order valence-corrected chi connectivity index (χ3v) is 5.48. The molecule has 1 atom stereocenters. The van der Waals surface area contributed by atoms with Gasteiger partial charge >= 0.3 is 0 Å². The summed E-state index contributed by atoms with van der Waals surface area (Å²) >= 11 is 0. The fourth-order valence-electron chi connectivity index (χ4n) is 3.94. The zero-order valence-corrected chi connectivity index (χ0v) is 16.2. The second-order valence-electron chi connectivity index (χ2n) is 7.45. The average molecular weight is 396 g/mol. The highest BCUT2D eigenvalue weighted by atomic mass is 19.1. The van der Waals surface area contributed by atoms with Crippen LogP contribution in [0.3, 0.4) is 0 Å². The number of likely N-dealkylation sites (tertiary alicyclic amines) is 1. The summed E-state index contributed by atoms with van der Waals surface area (Å²) in [7, 11) is 0. The Morgan fingerprint density at radius 2 is 1.90 bits per heavy atom. The highest BCUT2D eigenvalue weighted by Gasteiger charge is 2.27. The van der Waals surface area contributed by atoms with Crippen LogP contribution in [0.15, 0.2) is 48.7 Å². The molecule has 2 heterocycles. The Hall–Kier alpha value is -3.09. The first-order valence-electron chi connectivity index (χ1n) is 9.70. The fourth-order valence-corrected chi connectivity index (χ4v) is 3.94. The van der Waals surface area contributed by atoms with Gasteiger partial charge in [-0.3, -0.25) is 4.79 Å². The molecule has 1 amide bonds. The Balaban J connectivity index is 1.48. The number of carbonyl (C=O) groups is 1. The van der Waals surface area contributed by atoms with Crippen LogP contribution in [0.4, 0.5) is 8.78 Å². The number of benzene rings is 2. The number of amides is 1. The van der Waals surface area contributed by atoms with Crippen molar-refractivity contribution in [3.63, 3.8) is 0 Å². The maximum absolute atomic E-state index is 13.9. The molecule has 29 heavy (non-hydrogen) atoms. The predicted molar refractivity (Wildman–Crippen MR) is 105 cm³/mol. The minimum atomic E-state index is -0.648. The number of halogens is 2. The van der Waals surface area contributed by atoms with E-state index >= 15 is 0 Å². The van der Waals surface area contributed by atoms with E-state index in [1.165, 1.54) is 40.2 Å². The Kier molecular flexibility index (Phi) is 5.38. The van der Waals surface area contributed by atoms with Gasteiger partial charge in [-0.15, -0.1) is 5.10 Å². The highest BCUT2D eigenvalue weighted by Crippen LogP contribution is 2.29. The van der Waals surface area contributed by atoms with Gasteiger partial charge in [0.2, 0.25) is 0 Å². The molecule has 0 aliphatic carbocycles. The minimum absolute atomic E-state index is 0.103. The second-order valence-corrected chi connectivity index (χ2v) is 7.45. The largest absolute Gasteiger partial charge is 0.337 e. The summed E-state index contributed by atoms with van der Waals surface area (Å²) in [5, 5.41) is 7.83. The van der Waals surface area contributed by atoms with Crippen molar-refractivity contribution in [1.29, 1.82) is 0 Å². The number of aryl methyl sites for hydroxylation is 1. The molecule has 0 saturated carbocycles. The molecule has 0 N–H and O–H groups in total. The van der Waals surface area contributed by atoms with Crippen LogP contribution in [-0.2, 0) is 6.54 Å². The molecule has 150 valence electrons. The number of hydrogen-bond donors (Lipinski definition) is 0. The lowest BCUT2D eigenvalue weighted by Crippen LogP contribution is -2.39. The van der Waals surface area contributed by atoms with Crippen LogP contribution < -0.4 is 0 Å². The lowest BCUT2D eigenvalue weighted by molar-refractivity contribution is 0.0700. The van der Waals surface area contributed by atoms with Gasteiger partial charge in [0.1, 0.15) is 11.6 Å². The van der Waals surface area contributed by atoms with Crippen LogP contribution in [-0.4, -0.2) is 38.9 Å². The molecule has 1 saturated heterocycles. The molecule has 1 aliphatic rings. The number of hydrogen-bond acceptors (Lipinski definition) is 3. The summed E-state index contributed by atoms with van der Waals surface area (Å²) in [5.74, 6) is -1.21. The molecule has 3 aromatic rings. The van der Waals surface area contributed by atoms with E-state index in [0.29, 0.717) is 13.1 Å². The normalized spacial score (nSPS) is 16.8. The van der Waals surface area contributed by atoms with Crippen molar-refractivity contribution in [2.24, 2.45) is 0 Å². The number of rotatable bonds is 4. The molecule has 1 aliphatic heterocycles. The first-order chi connectivity index (χ1) is 14.0. The van der Waals surface area contributed by atoms with E-state index < -0.39 is 11.6 Å². The van der Waals surface area contributed by atoms with Gasteiger partial charge in [0.15, 0.2) is 5.69 Å². The van der Waals surface area contributed by atoms with Gasteiger partial charge in [0.05, 0.1) is 12.7 Å². The van der Waals surface area contributed by atoms with Crippen molar-refractivity contribution < 1.29 is 13.6 Å². The second kappa shape index (κ2) is 8.11. The van der Waals surface area contributed by atoms with Gasteiger partial charge < -0.3 is 4.90 Å². The molecule has 5 nitrogen and oxygen atoms in total. The molecule has 0 bridgehead atoms. The Labute approximate surface area is 168 Å². The lowest BCUT2D eigenvalue weighted by atomic mass is 9.88. The minimum Gasteiger partial charge on any atom is -0.337 e. The molecule has 1 fully saturated rings. The van der Waals surface area contributed by atoms with Gasteiger partial charge in [-0.05, 0) is 43.0 Å². The van der Waals surface area contributed by atoms with Gasteiger partial charge in [0.25, 0.3) is 5.91 Å². The molecular weight excluding hydrogens is 374 g/mol. The van der Waals surface area contributed by atoms with Crippen molar-refractivity contribution in [2.75, 3.05) is 13.1 Å². The van der Waals surface area contributed by atoms with Crippen LogP contribution in [0.2, 0.25) is 0 Å². The molecule has 0 radical (unpaired) electrons. The van der Waals surface area contributed by atoms with Crippen molar-refractivity contribution >= 4 is 5.91 Å². The standard InChI is InChI=1S/C22H22F2N4O/c1-15-6-2-3-8-17(15)16-7-5-11-27(12-16)22(29)21-14-28(26-25-21)13-18-19(23)9-4-10-20(18)24/h2-4,6,8-10,14,16H,5,7,11-13H2,1H3/t16-/m0/s1. The lowest BCUT2D eigenvalue weighted by Gasteiger charge is -2.33. The number of carbonyl (C=O) groups excluding carboxylic acids is 1. The molecular formula is C22H22F2N4O. The average Bonchev–Trinajstić information content (AvgIpc) is 3.19. The van der Waals surface area contributed by atoms with Crippen molar-refractivity contribution in [3.05, 3.63) is 82.7 Å². The molecule has 4 rings (SSSR count). The zero-order chi connectivity index (χ0) is 20.4. The van der Waals surface area contributed by atoms with E-state index in [1.54, 1.807) is 4.90 Å². The quantitative estimate of drug-likeness (QED) is 0.671. The zero-order valence-electron chi connectivity index (χ0n) is 16.2.